The van der Waals surface area contributed by atoms with E-state index in [0.717, 1.165) is 0 Å². The Morgan fingerprint density at radius 1 is 1.14 bits per heavy atom. The summed E-state index contributed by atoms with van der Waals surface area (Å²) in [5.74, 6) is -0.557. The Morgan fingerprint density at radius 2 is 1.93 bits per heavy atom. The molecule has 0 bridgehead atoms. The van der Waals surface area contributed by atoms with Crippen LogP contribution in [0.15, 0.2) is 0 Å². The Kier molecular flexibility index (Phi) is 1.92. The molecule has 3 fully saturated rings. The van der Waals surface area contributed by atoms with Crippen molar-refractivity contribution in [2.75, 3.05) is 6.61 Å². The third-order valence-electron chi connectivity index (χ3n) is 2.87. The van der Waals surface area contributed by atoms with Gasteiger partial charge >= 0.3 is 0 Å². The molecule has 0 N–H and O–H groups in total. The van der Waals surface area contributed by atoms with E-state index in [-0.39, 0.29) is 29.9 Å². The third kappa shape index (κ3) is 1.23. The number of thiol groups is 1. The summed E-state index contributed by atoms with van der Waals surface area (Å²) in [6.45, 7) is 4.40. The van der Waals surface area contributed by atoms with Gasteiger partial charge in [0, 0.05) is 0 Å². The van der Waals surface area contributed by atoms with Crippen molar-refractivity contribution in [1.82, 2.24) is 0 Å². The number of hydrogen-bond donors (Lipinski definition) is 1. The van der Waals surface area contributed by atoms with Crippen LogP contribution in [0.4, 0.5) is 0 Å². The number of hydrogen-bond acceptors (Lipinski definition) is 5. The maximum atomic E-state index is 5.73. The van der Waals surface area contributed by atoms with Crippen LogP contribution in [0.25, 0.3) is 0 Å². The van der Waals surface area contributed by atoms with Gasteiger partial charge in [-0.3, -0.25) is 0 Å². The summed E-state index contributed by atoms with van der Waals surface area (Å²) in [5.41, 5.74) is 0. The van der Waals surface area contributed by atoms with Gasteiger partial charge in [-0.2, -0.15) is 12.6 Å². The fourth-order valence-corrected chi connectivity index (χ4v) is 2.63. The monoisotopic (exact) mass is 218 g/mol. The van der Waals surface area contributed by atoms with Gasteiger partial charge < -0.3 is 18.9 Å². The van der Waals surface area contributed by atoms with E-state index in [1.54, 1.807) is 0 Å². The van der Waals surface area contributed by atoms with Crippen molar-refractivity contribution >= 4 is 12.6 Å². The zero-order valence-electron chi connectivity index (χ0n) is 8.17. The van der Waals surface area contributed by atoms with Crippen LogP contribution < -0.4 is 0 Å². The Hall–Kier alpha value is 0.190. The van der Waals surface area contributed by atoms with Gasteiger partial charge in [-0.1, -0.05) is 0 Å². The van der Waals surface area contributed by atoms with E-state index in [9.17, 15) is 0 Å². The molecule has 3 saturated heterocycles. The zero-order valence-corrected chi connectivity index (χ0v) is 9.07. The SMILES string of the molecule is CC1(C)O[C@H]2O[C@H]3[C@H](OC[C@H]3S)[C@H]2O1. The van der Waals surface area contributed by atoms with Crippen molar-refractivity contribution in [3.63, 3.8) is 0 Å². The first-order chi connectivity index (χ1) is 6.57. The molecule has 0 amide bonds. The topological polar surface area (TPSA) is 36.9 Å². The van der Waals surface area contributed by atoms with E-state index >= 15 is 0 Å². The minimum Gasteiger partial charge on any atom is -0.371 e. The van der Waals surface area contributed by atoms with Crippen molar-refractivity contribution in [3.8, 4) is 0 Å². The first kappa shape index (κ1) is 9.42. The molecule has 0 aromatic heterocycles. The van der Waals surface area contributed by atoms with E-state index in [1.807, 2.05) is 13.8 Å². The fraction of sp³-hybridized carbons (Fsp3) is 1.00. The number of ether oxygens (including phenoxy) is 4. The molecular formula is C9H14O4S. The molecule has 0 spiro atoms. The molecular weight excluding hydrogens is 204 g/mol. The molecule has 80 valence electrons. The van der Waals surface area contributed by atoms with Gasteiger partial charge in [-0.25, -0.2) is 0 Å². The second-order valence-corrected chi connectivity index (χ2v) is 5.10. The number of rotatable bonds is 0. The fourth-order valence-electron chi connectivity index (χ4n) is 2.31. The van der Waals surface area contributed by atoms with E-state index in [0.29, 0.717) is 6.61 Å². The molecule has 0 aromatic rings. The van der Waals surface area contributed by atoms with Crippen LogP contribution in [0, 0.1) is 0 Å². The van der Waals surface area contributed by atoms with Crippen LogP contribution in [0.3, 0.4) is 0 Å². The van der Waals surface area contributed by atoms with Crippen LogP contribution in [-0.2, 0) is 18.9 Å². The first-order valence-corrected chi connectivity index (χ1v) is 5.39. The molecule has 0 unspecified atom stereocenters. The molecule has 3 aliphatic heterocycles. The molecule has 0 radical (unpaired) electrons. The molecule has 0 aliphatic carbocycles. The first-order valence-electron chi connectivity index (χ1n) is 4.88. The normalized spacial score (nSPS) is 54.6. The van der Waals surface area contributed by atoms with Crippen molar-refractivity contribution < 1.29 is 18.9 Å². The molecule has 0 aromatic carbocycles. The molecule has 5 atom stereocenters. The summed E-state index contributed by atoms with van der Waals surface area (Å²) in [6, 6.07) is 0. The van der Waals surface area contributed by atoms with Crippen LogP contribution in [0.2, 0.25) is 0 Å². The molecule has 5 heteroatoms. The molecule has 3 aliphatic rings. The summed E-state index contributed by atoms with van der Waals surface area (Å²) in [5, 5.41) is 0.140. The molecule has 3 heterocycles. The lowest BCUT2D eigenvalue weighted by molar-refractivity contribution is -0.208. The molecule has 0 saturated carbocycles. The highest BCUT2D eigenvalue weighted by atomic mass is 32.1. The predicted molar refractivity (Wildman–Crippen MR) is 51.2 cm³/mol. The highest BCUT2D eigenvalue weighted by Crippen LogP contribution is 2.42. The lowest BCUT2D eigenvalue weighted by Crippen LogP contribution is -2.34. The van der Waals surface area contributed by atoms with Gasteiger partial charge in [0.25, 0.3) is 0 Å². The van der Waals surface area contributed by atoms with Gasteiger partial charge in [-0.15, -0.1) is 0 Å². The van der Waals surface area contributed by atoms with Crippen LogP contribution in [0.1, 0.15) is 13.8 Å². The number of fused-ring (bicyclic) bond motifs is 3. The van der Waals surface area contributed by atoms with E-state index < -0.39 is 5.79 Å². The summed E-state index contributed by atoms with van der Waals surface area (Å²) in [6.07, 6.45) is -0.365. The molecule has 3 rings (SSSR count). The second kappa shape index (κ2) is 2.86. The van der Waals surface area contributed by atoms with Gasteiger partial charge in [0.15, 0.2) is 12.1 Å². The van der Waals surface area contributed by atoms with Crippen LogP contribution >= 0.6 is 12.6 Å². The van der Waals surface area contributed by atoms with Gasteiger partial charge in [0.2, 0.25) is 0 Å². The van der Waals surface area contributed by atoms with Crippen molar-refractivity contribution in [2.45, 2.75) is 49.5 Å². The highest BCUT2D eigenvalue weighted by Gasteiger charge is 2.59. The average Bonchev–Trinajstić information content (AvgIpc) is 2.63. The van der Waals surface area contributed by atoms with Gasteiger partial charge in [0.1, 0.15) is 18.3 Å². The lowest BCUT2D eigenvalue weighted by Gasteiger charge is -2.21. The second-order valence-electron chi connectivity index (χ2n) is 4.43. The summed E-state index contributed by atoms with van der Waals surface area (Å²) in [7, 11) is 0. The standard InChI is InChI=1S/C9H14O4S/c1-9(2)12-7-6-5(4(14)3-10-6)11-8(7)13-9/h4-8,14H,3H2,1-2H3/t4-,5-,6+,7-,8-/m1/s1. The van der Waals surface area contributed by atoms with Gasteiger partial charge in [-0.05, 0) is 13.8 Å². The maximum Gasteiger partial charge on any atom is 0.190 e. The highest BCUT2D eigenvalue weighted by molar-refractivity contribution is 7.81. The minimum atomic E-state index is -0.557. The lowest BCUT2D eigenvalue weighted by atomic mass is 10.1. The summed E-state index contributed by atoms with van der Waals surface area (Å²) >= 11 is 4.39. The van der Waals surface area contributed by atoms with Crippen LogP contribution in [-0.4, -0.2) is 42.2 Å². The maximum absolute atomic E-state index is 5.73. The predicted octanol–water partition coefficient (Wildman–Crippen LogP) is 0.560. The molecule has 4 nitrogen and oxygen atoms in total. The Labute approximate surface area is 88.3 Å². The Balaban J connectivity index is 1.80. The quantitative estimate of drug-likeness (QED) is 0.603. The Morgan fingerprint density at radius 3 is 2.71 bits per heavy atom. The van der Waals surface area contributed by atoms with Crippen LogP contribution in [0.5, 0.6) is 0 Å². The smallest absolute Gasteiger partial charge is 0.190 e. The molecule has 14 heavy (non-hydrogen) atoms. The van der Waals surface area contributed by atoms with Crippen molar-refractivity contribution in [2.24, 2.45) is 0 Å². The third-order valence-corrected chi connectivity index (χ3v) is 3.31. The van der Waals surface area contributed by atoms with E-state index in [2.05, 4.69) is 12.6 Å². The average molecular weight is 218 g/mol. The van der Waals surface area contributed by atoms with Crippen molar-refractivity contribution in [3.05, 3.63) is 0 Å². The van der Waals surface area contributed by atoms with Crippen molar-refractivity contribution in [1.29, 1.82) is 0 Å². The largest absolute Gasteiger partial charge is 0.371 e. The van der Waals surface area contributed by atoms with E-state index in [1.165, 1.54) is 0 Å². The Bertz CT molecular complexity index is 257. The summed E-state index contributed by atoms with van der Waals surface area (Å²) < 4.78 is 22.6. The van der Waals surface area contributed by atoms with E-state index in [4.69, 9.17) is 18.9 Å². The summed E-state index contributed by atoms with van der Waals surface area (Å²) in [4.78, 5) is 0. The zero-order chi connectivity index (χ0) is 9.92. The minimum absolute atomic E-state index is 0.00993. The van der Waals surface area contributed by atoms with Gasteiger partial charge in [0.05, 0.1) is 11.9 Å².